The number of unbranched alkanes of at least 4 members (excludes halogenated alkanes) is 1. The summed E-state index contributed by atoms with van der Waals surface area (Å²) in [7, 11) is -0.845. The summed E-state index contributed by atoms with van der Waals surface area (Å²) < 4.78 is 16.8. The van der Waals surface area contributed by atoms with Crippen LogP contribution < -0.4 is 5.73 Å². The average molecular weight is 221 g/mol. The van der Waals surface area contributed by atoms with Gasteiger partial charge in [-0.2, -0.15) is 0 Å². The van der Waals surface area contributed by atoms with Crippen molar-refractivity contribution < 1.29 is 8.95 Å². The van der Waals surface area contributed by atoms with Crippen molar-refractivity contribution in [2.45, 2.75) is 39.2 Å². The van der Waals surface area contributed by atoms with E-state index < -0.39 is 10.8 Å². The van der Waals surface area contributed by atoms with Crippen molar-refractivity contribution >= 4 is 10.8 Å². The molecule has 0 radical (unpaired) electrons. The number of hydrogen-bond donors (Lipinski definition) is 1. The highest BCUT2D eigenvalue weighted by atomic mass is 32.2. The number of rotatable bonds is 8. The Morgan fingerprint density at radius 3 is 2.50 bits per heavy atom. The van der Waals surface area contributed by atoms with Crippen molar-refractivity contribution in [1.82, 2.24) is 0 Å². The molecule has 0 aromatic rings. The Labute approximate surface area is 89.9 Å². The molecule has 0 aliphatic rings. The Bertz CT molecular complexity index is 166. The maximum atomic E-state index is 11.4. The van der Waals surface area contributed by atoms with Gasteiger partial charge in [0.05, 0.1) is 6.61 Å². The van der Waals surface area contributed by atoms with Crippen LogP contribution in [0.2, 0.25) is 0 Å². The van der Waals surface area contributed by atoms with Gasteiger partial charge in [0.2, 0.25) is 0 Å². The maximum Gasteiger partial charge on any atom is 0.0581 e. The van der Waals surface area contributed by atoms with Gasteiger partial charge in [-0.15, -0.1) is 0 Å². The smallest absolute Gasteiger partial charge is 0.0581 e. The molecule has 0 fully saturated rings. The molecule has 3 nitrogen and oxygen atoms in total. The van der Waals surface area contributed by atoms with Crippen LogP contribution in [0.3, 0.4) is 0 Å². The van der Waals surface area contributed by atoms with Crippen LogP contribution in [0.5, 0.6) is 0 Å². The van der Waals surface area contributed by atoms with Crippen molar-refractivity contribution in [2.24, 2.45) is 5.73 Å². The summed E-state index contributed by atoms with van der Waals surface area (Å²) in [5.41, 5.74) is 5.42. The third-order valence-corrected chi connectivity index (χ3v) is 3.32. The number of hydrogen-bond acceptors (Lipinski definition) is 3. The molecule has 1 atom stereocenters. The van der Waals surface area contributed by atoms with Crippen LogP contribution in [0, 0.1) is 0 Å². The van der Waals surface area contributed by atoms with Crippen LogP contribution in [0.15, 0.2) is 0 Å². The van der Waals surface area contributed by atoms with Gasteiger partial charge in [-0.25, -0.2) is 0 Å². The molecule has 4 heteroatoms. The zero-order chi connectivity index (χ0) is 11.0. The Morgan fingerprint density at radius 1 is 1.36 bits per heavy atom. The van der Waals surface area contributed by atoms with Crippen molar-refractivity contribution in [3.63, 3.8) is 0 Å². The van der Waals surface area contributed by atoms with Gasteiger partial charge in [-0.05, 0) is 20.3 Å². The van der Waals surface area contributed by atoms with Gasteiger partial charge >= 0.3 is 0 Å². The normalized spacial score (nSPS) is 14.3. The molecule has 0 bridgehead atoms. The van der Waals surface area contributed by atoms with Gasteiger partial charge in [0.25, 0.3) is 0 Å². The molecular formula is C10H23NO2S. The van der Waals surface area contributed by atoms with Crippen LogP contribution in [0.4, 0.5) is 0 Å². The van der Waals surface area contributed by atoms with Crippen molar-refractivity contribution in [1.29, 1.82) is 0 Å². The van der Waals surface area contributed by atoms with Crippen LogP contribution in [-0.2, 0) is 15.5 Å². The van der Waals surface area contributed by atoms with Gasteiger partial charge in [0, 0.05) is 34.5 Å². The maximum absolute atomic E-state index is 11.4. The molecule has 0 aliphatic carbocycles. The van der Waals surface area contributed by atoms with E-state index in [-0.39, 0.29) is 5.54 Å². The second kappa shape index (κ2) is 7.37. The average Bonchev–Trinajstić information content (AvgIpc) is 2.00. The van der Waals surface area contributed by atoms with Crippen molar-refractivity contribution in [3.8, 4) is 0 Å². The zero-order valence-corrected chi connectivity index (χ0v) is 10.4. The Hall–Kier alpha value is 0.0700. The Morgan fingerprint density at radius 2 is 2.00 bits per heavy atom. The quantitative estimate of drug-likeness (QED) is 0.628. The first-order valence-electron chi connectivity index (χ1n) is 5.17. The summed E-state index contributed by atoms with van der Waals surface area (Å²) in [6.45, 7) is 7.27. The first-order valence-corrected chi connectivity index (χ1v) is 6.66. The molecule has 0 amide bonds. The number of ether oxygens (including phenoxy) is 1. The lowest BCUT2D eigenvalue weighted by Crippen LogP contribution is -2.38. The van der Waals surface area contributed by atoms with Crippen molar-refractivity contribution in [3.05, 3.63) is 0 Å². The van der Waals surface area contributed by atoms with E-state index in [2.05, 4.69) is 6.92 Å². The minimum Gasteiger partial charge on any atom is -0.380 e. The zero-order valence-electron chi connectivity index (χ0n) is 9.54. The largest absolute Gasteiger partial charge is 0.380 e. The second-order valence-corrected chi connectivity index (χ2v) is 5.82. The Kier molecular flexibility index (Phi) is 7.41. The monoisotopic (exact) mass is 221 g/mol. The molecule has 0 aliphatic heterocycles. The SMILES string of the molecule is CCCCOCCS(=O)CC(C)(C)N. The van der Waals surface area contributed by atoms with Crippen LogP contribution in [0.25, 0.3) is 0 Å². The van der Waals surface area contributed by atoms with E-state index in [0.717, 1.165) is 19.4 Å². The van der Waals surface area contributed by atoms with E-state index in [9.17, 15) is 4.21 Å². The lowest BCUT2D eigenvalue weighted by molar-refractivity contribution is 0.146. The van der Waals surface area contributed by atoms with Gasteiger partial charge in [-0.3, -0.25) is 4.21 Å². The minimum atomic E-state index is -0.845. The molecule has 0 rings (SSSR count). The molecule has 0 aromatic heterocycles. The van der Waals surface area contributed by atoms with Gasteiger partial charge in [0.15, 0.2) is 0 Å². The molecule has 0 spiro atoms. The van der Waals surface area contributed by atoms with Gasteiger partial charge in [0.1, 0.15) is 0 Å². The minimum absolute atomic E-state index is 0.339. The molecule has 14 heavy (non-hydrogen) atoms. The van der Waals surface area contributed by atoms with E-state index in [0.29, 0.717) is 18.1 Å². The highest BCUT2D eigenvalue weighted by Gasteiger charge is 2.14. The van der Waals surface area contributed by atoms with E-state index in [4.69, 9.17) is 10.5 Å². The highest BCUT2D eigenvalue weighted by Crippen LogP contribution is 2.00. The van der Waals surface area contributed by atoms with Gasteiger partial charge in [-0.1, -0.05) is 13.3 Å². The fourth-order valence-electron chi connectivity index (χ4n) is 0.987. The number of nitrogens with two attached hydrogens (primary N) is 1. The lowest BCUT2D eigenvalue weighted by Gasteiger charge is -2.17. The fourth-order valence-corrected chi connectivity index (χ4v) is 2.27. The summed E-state index contributed by atoms with van der Waals surface area (Å²) in [4.78, 5) is 0. The molecule has 0 aromatic carbocycles. The summed E-state index contributed by atoms with van der Waals surface area (Å²) in [5, 5.41) is 0. The summed E-state index contributed by atoms with van der Waals surface area (Å²) >= 11 is 0. The van der Waals surface area contributed by atoms with Crippen LogP contribution in [0.1, 0.15) is 33.6 Å². The third kappa shape index (κ3) is 10.2. The summed E-state index contributed by atoms with van der Waals surface area (Å²) in [6.07, 6.45) is 2.22. The summed E-state index contributed by atoms with van der Waals surface area (Å²) in [5.74, 6) is 1.15. The predicted molar refractivity (Wildman–Crippen MR) is 61.9 cm³/mol. The van der Waals surface area contributed by atoms with E-state index in [1.165, 1.54) is 0 Å². The first-order chi connectivity index (χ1) is 6.45. The van der Waals surface area contributed by atoms with E-state index >= 15 is 0 Å². The van der Waals surface area contributed by atoms with Gasteiger partial charge < -0.3 is 10.5 Å². The molecule has 2 N–H and O–H groups in total. The van der Waals surface area contributed by atoms with E-state index in [1.807, 2.05) is 13.8 Å². The van der Waals surface area contributed by atoms with E-state index in [1.54, 1.807) is 0 Å². The highest BCUT2D eigenvalue weighted by molar-refractivity contribution is 7.85. The summed E-state index contributed by atoms with van der Waals surface area (Å²) in [6, 6.07) is 0. The van der Waals surface area contributed by atoms with Crippen LogP contribution >= 0.6 is 0 Å². The topological polar surface area (TPSA) is 52.3 Å². The Balaban J connectivity index is 3.36. The molecular weight excluding hydrogens is 198 g/mol. The second-order valence-electron chi connectivity index (χ2n) is 4.24. The van der Waals surface area contributed by atoms with Crippen LogP contribution in [-0.4, -0.2) is 34.5 Å². The standard InChI is InChI=1S/C10H23NO2S/c1-4-5-6-13-7-8-14(12)9-10(2,3)11/h4-9,11H2,1-3H3. The third-order valence-electron chi connectivity index (χ3n) is 1.63. The molecule has 1 unspecified atom stereocenters. The van der Waals surface area contributed by atoms with Crippen molar-refractivity contribution in [2.75, 3.05) is 24.7 Å². The fraction of sp³-hybridized carbons (Fsp3) is 1.00. The predicted octanol–water partition coefficient (Wildman–Crippen LogP) is 1.29. The molecule has 0 saturated carbocycles. The molecule has 86 valence electrons. The molecule has 0 heterocycles. The first kappa shape index (κ1) is 14.1. The molecule has 0 saturated heterocycles. The lowest BCUT2D eigenvalue weighted by atomic mass is 10.1.